The van der Waals surface area contributed by atoms with E-state index in [0.717, 1.165) is 0 Å². The van der Waals surface area contributed by atoms with E-state index in [9.17, 15) is 21.6 Å². The van der Waals surface area contributed by atoms with E-state index in [0.29, 0.717) is 0 Å². The van der Waals surface area contributed by atoms with Crippen molar-refractivity contribution in [1.29, 1.82) is 0 Å². The Kier molecular flexibility index (Phi) is 5.54. The summed E-state index contributed by atoms with van der Waals surface area (Å²) in [6.07, 6.45) is -5.83. The van der Waals surface area contributed by atoms with Gasteiger partial charge in [-0.15, -0.1) is 0 Å². The summed E-state index contributed by atoms with van der Waals surface area (Å²) in [5.74, 6) is -0.529. The molecule has 0 rings (SSSR count). The molecule has 0 bridgehead atoms. The number of halogens is 3. The third-order valence-corrected chi connectivity index (χ3v) is 2.93. The molecule has 0 aliphatic heterocycles. The van der Waals surface area contributed by atoms with Crippen LogP contribution in [0, 0.1) is 0 Å². The number of rotatable bonds is 6. The molecule has 3 N–H and O–H groups in total. The molecular formula is C7H15F3N2O2S. The lowest BCUT2D eigenvalue weighted by Gasteiger charge is -2.09. The molecule has 0 amide bonds. The zero-order valence-corrected chi connectivity index (χ0v) is 9.16. The summed E-state index contributed by atoms with van der Waals surface area (Å²) in [5.41, 5.74) is 5.29. The van der Waals surface area contributed by atoms with Crippen LogP contribution in [0.1, 0.15) is 19.8 Å². The Balaban J connectivity index is 3.85. The van der Waals surface area contributed by atoms with Crippen LogP contribution in [0.4, 0.5) is 13.2 Å². The molecule has 8 heteroatoms. The van der Waals surface area contributed by atoms with Crippen LogP contribution in [0.2, 0.25) is 0 Å². The van der Waals surface area contributed by atoms with Gasteiger partial charge in [0.2, 0.25) is 10.0 Å². The molecule has 0 saturated heterocycles. The third-order valence-electron chi connectivity index (χ3n) is 1.50. The van der Waals surface area contributed by atoms with E-state index in [1.165, 1.54) is 0 Å². The van der Waals surface area contributed by atoms with Crippen LogP contribution < -0.4 is 10.5 Å². The second-order valence-electron chi connectivity index (χ2n) is 3.36. The molecule has 0 aliphatic carbocycles. The average Bonchev–Trinajstić information content (AvgIpc) is 1.98. The molecule has 0 aromatic rings. The fourth-order valence-corrected chi connectivity index (χ4v) is 1.98. The first-order chi connectivity index (χ1) is 6.62. The SMILES string of the molecule is CC(N)CNS(=O)(=O)CCCC(F)(F)F. The highest BCUT2D eigenvalue weighted by molar-refractivity contribution is 7.89. The van der Waals surface area contributed by atoms with Crippen LogP contribution in [0.5, 0.6) is 0 Å². The van der Waals surface area contributed by atoms with Gasteiger partial charge < -0.3 is 5.73 Å². The maximum absolute atomic E-state index is 11.7. The van der Waals surface area contributed by atoms with Crippen LogP contribution in [-0.4, -0.2) is 32.9 Å². The zero-order valence-electron chi connectivity index (χ0n) is 8.34. The van der Waals surface area contributed by atoms with Gasteiger partial charge in [0.15, 0.2) is 0 Å². The van der Waals surface area contributed by atoms with Gasteiger partial charge in [-0.1, -0.05) is 0 Å². The van der Waals surface area contributed by atoms with Crippen molar-refractivity contribution in [2.75, 3.05) is 12.3 Å². The molecule has 0 radical (unpaired) electrons. The van der Waals surface area contributed by atoms with Gasteiger partial charge in [-0.05, 0) is 13.3 Å². The van der Waals surface area contributed by atoms with E-state index in [2.05, 4.69) is 4.72 Å². The minimum atomic E-state index is -4.31. The van der Waals surface area contributed by atoms with Crippen molar-refractivity contribution in [3.8, 4) is 0 Å². The van der Waals surface area contributed by atoms with Crippen molar-refractivity contribution >= 4 is 10.0 Å². The fraction of sp³-hybridized carbons (Fsp3) is 1.00. The summed E-state index contributed by atoms with van der Waals surface area (Å²) in [4.78, 5) is 0. The lowest BCUT2D eigenvalue weighted by Crippen LogP contribution is -2.36. The number of sulfonamides is 1. The van der Waals surface area contributed by atoms with Gasteiger partial charge in [0.25, 0.3) is 0 Å². The van der Waals surface area contributed by atoms with E-state index in [-0.39, 0.29) is 12.6 Å². The van der Waals surface area contributed by atoms with Crippen molar-refractivity contribution < 1.29 is 21.6 Å². The fourth-order valence-electron chi connectivity index (χ4n) is 0.793. The van der Waals surface area contributed by atoms with Crippen molar-refractivity contribution in [2.24, 2.45) is 5.73 Å². The summed E-state index contributed by atoms with van der Waals surface area (Å²) < 4.78 is 59.4. The first-order valence-corrected chi connectivity index (χ1v) is 6.07. The van der Waals surface area contributed by atoms with Crippen molar-refractivity contribution in [2.45, 2.75) is 32.0 Å². The summed E-state index contributed by atoms with van der Waals surface area (Å²) in [7, 11) is -3.63. The van der Waals surface area contributed by atoms with Gasteiger partial charge in [0.1, 0.15) is 0 Å². The summed E-state index contributed by atoms with van der Waals surface area (Å²) in [6.45, 7) is 1.63. The van der Waals surface area contributed by atoms with Crippen molar-refractivity contribution in [3.63, 3.8) is 0 Å². The molecule has 0 heterocycles. The molecule has 0 aromatic carbocycles. The largest absolute Gasteiger partial charge is 0.389 e. The maximum Gasteiger partial charge on any atom is 0.389 e. The highest BCUT2D eigenvalue weighted by atomic mass is 32.2. The van der Waals surface area contributed by atoms with Crippen LogP contribution in [-0.2, 0) is 10.0 Å². The first kappa shape index (κ1) is 14.7. The normalized spacial score (nSPS) is 15.3. The van der Waals surface area contributed by atoms with Gasteiger partial charge >= 0.3 is 6.18 Å². The average molecular weight is 248 g/mol. The molecule has 15 heavy (non-hydrogen) atoms. The molecule has 4 nitrogen and oxygen atoms in total. The Morgan fingerprint density at radius 2 is 1.93 bits per heavy atom. The molecule has 92 valence electrons. The van der Waals surface area contributed by atoms with Crippen molar-refractivity contribution in [1.82, 2.24) is 4.72 Å². The molecule has 0 aromatic heterocycles. The summed E-state index contributed by atoms with van der Waals surface area (Å²) >= 11 is 0. The van der Waals surface area contributed by atoms with Gasteiger partial charge in [-0.2, -0.15) is 13.2 Å². The Morgan fingerprint density at radius 3 is 2.33 bits per heavy atom. The highest BCUT2D eigenvalue weighted by Crippen LogP contribution is 2.21. The topological polar surface area (TPSA) is 72.2 Å². The van der Waals surface area contributed by atoms with Crippen LogP contribution >= 0.6 is 0 Å². The van der Waals surface area contributed by atoms with E-state index < -0.39 is 34.8 Å². The quantitative estimate of drug-likeness (QED) is 0.723. The minimum absolute atomic E-state index is 0.0361. The van der Waals surface area contributed by atoms with Gasteiger partial charge in [-0.3, -0.25) is 0 Å². The highest BCUT2D eigenvalue weighted by Gasteiger charge is 2.27. The number of hydrogen-bond donors (Lipinski definition) is 2. The van der Waals surface area contributed by atoms with Crippen LogP contribution in [0.25, 0.3) is 0 Å². The van der Waals surface area contributed by atoms with Gasteiger partial charge in [0.05, 0.1) is 5.75 Å². The lowest BCUT2D eigenvalue weighted by atomic mass is 10.3. The smallest absolute Gasteiger partial charge is 0.327 e. The molecule has 1 unspecified atom stereocenters. The predicted molar refractivity (Wildman–Crippen MR) is 50.7 cm³/mol. The molecule has 0 aliphatic rings. The Labute approximate surface area is 87.1 Å². The standard InChI is InChI=1S/C7H15F3N2O2S/c1-6(11)5-12-15(13,14)4-2-3-7(8,9)10/h6,12H,2-5,11H2,1H3. The number of nitrogens with one attached hydrogen (secondary N) is 1. The van der Waals surface area contributed by atoms with E-state index in [1.807, 2.05) is 0 Å². The summed E-state index contributed by atoms with van der Waals surface area (Å²) in [6, 6.07) is -0.359. The third kappa shape index (κ3) is 9.95. The second-order valence-corrected chi connectivity index (χ2v) is 5.29. The number of alkyl halides is 3. The number of hydrogen-bond acceptors (Lipinski definition) is 3. The minimum Gasteiger partial charge on any atom is -0.327 e. The second kappa shape index (κ2) is 5.66. The molecule has 0 spiro atoms. The van der Waals surface area contributed by atoms with Gasteiger partial charge in [-0.25, -0.2) is 13.1 Å². The molecule has 1 atom stereocenters. The Bertz CT molecular complexity index is 274. The molecule has 0 fully saturated rings. The monoisotopic (exact) mass is 248 g/mol. The predicted octanol–water partition coefficient (Wildman–Crippen LogP) is 0.595. The van der Waals surface area contributed by atoms with E-state index in [1.54, 1.807) is 6.92 Å². The van der Waals surface area contributed by atoms with E-state index >= 15 is 0 Å². The van der Waals surface area contributed by atoms with Gasteiger partial charge in [0, 0.05) is 19.0 Å². The Hall–Kier alpha value is -0.340. The first-order valence-electron chi connectivity index (χ1n) is 4.42. The Morgan fingerprint density at radius 1 is 1.40 bits per heavy atom. The zero-order chi connectivity index (χ0) is 12.1. The lowest BCUT2D eigenvalue weighted by molar-refractivity contribution is -0.134. The maximum atomic E-state index is 11.7. The van der Waals surface area contributed by atoms with Crippen LogP contribution in [0.15, 0.2) is 0 Å². The summed E-state index contributed by atoms with van der Waals surface area (Å²) in [5, 5.41) is 0. The molecule has 0 saturated carbocycles. The van der Waals surface area contributed by atoms with Crippen LogP contribution in [0.3, 0.4) is 0 Å². The van der Waals surface area contributed by atoms with E-state index in [4.69, 9.17) is 5.73 Å². The number of nitrogens with two attached hydrogens (primary N) is 1. The van der Waals surface area contributed by atoms with Crippen molar-refractivity contribution in [3.05, 3.63) is 0 Å². The molecular weight excluding hydrogens is 233 g/mol.